The molecule has 0 atom stereocenters. The second-order valence-electron chi connectivity index (χ2n) is 3.47. The van der Waals surface area contributed by atoms with Crippen molar-refractivity contribution in [1.82, 2.24) is 0 Å². The normalized spacial score (nSPS) is 18.7. The summed E-state index contributed by atoms with van der Waals surface area (Å²) < 4.78 is 1.15. The molecule has 0 aromatic heterocycles. The maximum Gasteiger partial charge on any atom is 0.0433 e. The third kappa shape index (κ3) is 1.65. The summed E-state index contributed by atoms with van der Waals surface area (Å²) in [4.78, 5) is 1.30. The van der Waals surface area contributed by atoms with Gasteiger partial charge >= 0.3 is 0 Å². The van der Waals surface area contributed by atoms with E-state index in [1.807, 2.05) is 0 Å². The molecule has 1 aliphatic rings. The minimum Gasteiger partial charge on any atom is -0.321 e. The van der Waals surface area contributed by atoms with Gasteiger partial charge in [0, 0.05) is 14.9 Å². The molecule has 1 aromatic carbocycles. The van der Waals surface area contributed by atoms with Crippen LogP contribution in [0.25, 0.3) is 0 Å². The van der Waals surface area contributed by atoms with Gasteiger partial charge in [-0.2, -0.15) is 0 Å². The molecule has 1 saturated carbocycles. The molecular formula is C10H12BrNS. The molecule has 0 heterocycles. The van der Waals surface area contributed by atoms with E-state index in [0.717, 1.165) is 17.3 Å². The summed E-state index contributed by atoms with van der Waals surface area (Å²) in [5.74, 6) is 0. The lowest BCUT2D eigenvalue weighted by Crippen LogP contribution is -2.20. The molecule has 3 heteroatoms. The monoisotopic (exact) mass is 257 g/mol. The summed E-state index contributed by atoms with van der Waals surface area (Å²) in [6, 6.07) is 6.27. The number of benzene rings is 1. The van der Waals surface area contributed by atoms with Gasteiger partial charge in [0.2, 0.25) is 0 Å². The molecule has 0 unspecified atom stereocenters. The maximum atomic E-state index is 6.20. The van der Waals surface area contributed by atoms with Crippen molar-refractivity contribution in [2.24, 2.45) is 5.73 Å². The van der Waals surface area contributed by atoms with Crippen molar-refractivity contribution in [1.29, 1.82) is 0 Å². The molecule has 0 saturated heterocycles. The third-order valence-electron chi connectivity index (χ3n) is 2.48. The topological polar surface area (TPSA) is 26.0 Å². The average molecular weight is 258 g/mol. The van der Waals surface area contributed by atoms with E-state index in [9.17, 15) is 0 Å². The van der Waals surface area contributed by atoms with Gasteiger partial charge in [-0.15, -0.1) is 11.8 Å². The molecule has 0 bridgehead atoms. The van der Waals surface area contributed by atoms with Crippen LogP contribution in [-0.2, 0) is 5.54 Å². The lowest BCUT2D eigenvalue weighted by molar-refractivity contribution is 0.717. The predicted molar refractivity (Wildman–Crippen MR) is 61.0 cm³/mol. The van der Waals surface area contributed by atoms with Crippen LogP contribution >= 0.6 is 27.7 Å². The Hall–Kier alpha value is 0.01000. The minimum atomic E-state index is -0.0432. The van der Waals surface area contributed by atoms with Crippen LogP contribution in [0.3, 0.4) is 0 Å². The first-order valence-corrected chi connectivity index (χ1v) is 6.31. The van der Waals surface area contributed by atoms with Crippen molar-refractivity contribution in [3.05, 3.63) is 28.2 Å². The highest BCUT2D eigenvalue weighted by molar-refractivity contribution is 9.10. The Morgan fingerprint density at radius 3 is 2.69 bits per heavy atom. The Balaban J connectivity index is 2.52. The zero-order valence-electron chi connectivity index (χ0n) is 7.51. The number of nitrogens with two attached hydrogens (primary N) is 1. The summed E-state index contributed by atoms with van der Waals surface area (Å²) >= 11 is 5.34. The highest BCUT2D eigenvalue weighted by atomic mass is 79.9. The molecule has 1 nitrogen and oxygen atoms in total. The second-order valence-corrected chi connectivity index (χ2v) is 5.18. The van der Waals surface area contributed by atoms with E-state index in [1.54, 1.807) is 11.8 Å². The fraction of sp³-hybridized carbons (Fsp3) is 0.400. The SMILES string of the molecule is CSc1cccc(Br)c1C1(N)CC1. The molecule has 0 amide bonds. The first-order valence-electron chi connectivity index (χ1n) is 4.29. The van der Waals surface area contributed by atoms with E-state index < -0.39 is 0 Å². The highest BCUT2D eigenvalue weighted by Gasteiger charge is 2.42. The van der Waals surface area contributed by atoms with E-state index in [2.05, 4.69) is 40.4 Å². The number of hydrogen-bond donors (Lipinski definition) is 1. The van der Waals surface area contributed by atoms with E-state index in [-0.39, 0.29) is 5.54 Å². The molecule has 70 valence electrons. The highest BCUT2D eigenvalue weighted by Crippen LogP contribution is 2.48. The molecule has 0 spiro atoms. The van der Waals surface area contributed by atoms with Crippen LogP contribution in [0.15, 0.2) is 27.6 Å². The van der Waals surface area contributed by atoms with Gasteiger partial charge in [0.1, 0.15) is 0 Å². The molecule has 1 fully saturated rings. The largest absolute Gasteiger partial charge is 0.321 e. The third-order valence-corrected chi connectivity index (χ3v) is 3.92. The van der Waals surface area contributed by atoms with Gasteiger partial charge in [0.15, 0.2) is 0 Å². The van der Waals surface area contributed by atoms with Gasteiger partial charge < -0.3 is 5.73 Å². The van der Waals surface area contributed by atoms with E-state index >= 15 is 0 Å². The molecule has 2 N–H and O–H groups in total. The zero-order valence-corrected chi connectivity index (χ0v) is 9.91. The van der Waals surface area contributed by atoms with Crippen molar-refractivity contribution in [2.45, 2.75) is 23.3 Å². The first kappa shape index (κ1) is 9.56. The molecule has 0 aliphatic heterocycles. The molecule has 0 radical (unpaired) electrons. The Morgan fingerprint density at radius 2 is 2.15 bits per heavy atom. The van der Waals surface area contributed by atoms with Gasteiger partial charge in [0.05, 0.1) is 0 Å². The fourth-order valence-electron chi connectivity index (χ4n) is 1.54. The van der Waals surface area contributed by atoms with Gasteiger partial charge in [0.25, 0.3) is 0 Å². The lowest BCUT2D eigenvalue weighted by atomic mass is 10.1. The van der Waals surface area contributed by atoms with Crippen LogP contribution in [0.4, 0.5) is 0 Å². The number of hydrogen-bond acceptors (Lipinski definition) is 2. The predicted octanol–water partition coefficient (Wildman–Crippen LogP) is 3.12. The van der Waals surface area contributed by atoms with Crippen LogP contribution in [0.2, 0.25) is 0 Å². The number of thioether (sulfide) groups is 1. The van der Waals surface area contributed by atoms with Gasteiger partial charge in [-0.05, 0) is 36.8 Å². The number of rotatable bonds is 2. The minimum absolute atomic E-state index is 0.0432. The fourth-order valence-corrected chi connectivity index (χ4v) is 3.17. The smallest absolute Gasteiger partial charge is 0.0433 e. The van der Waals surface area contributed by atoms with Crippen LogP contribution in [0, 0.1) is 0 Å². The Labute approximate surface area is 91.2 Å². The Bertz CT molecular complexity index is 334. The second kappa shape index (κ2) is 3.30. The van der Waals surface area contributed by atoms with E-state index in [4.69, 9.17) is 5.73 Å². The van der Waals surface area contributed by atoms with Gasteiger partial charge in [-0.1, -0.05) is 22.0 Å². The van der Waals surface area contributed by atoms with Gasteiger partial charge in [-0.25, -0.2) is 0 Å². The Morgan fingerprint density at radius 1 is 1.46 bits per heavy atom. The van der Waals surface area contributed by atoms with Crippen LogP contribution in [0.5, 0.6) is 0 Å². The van der Waals surface area contributed by atoms with Crippen molar-refractivity contribution >= 4 is 27.7 Å². The standard InChI is InChI=1S/C10H12BrNS/c1-13-8-4-2-3-7(11)9(8)10(12)5-6-10/h2-4H,5-6,12H2,1H3. The van der Waals surface area contributed by atoms with E-state index in [1.165, 1.54) is 10.5 Å². The van der Waals surface area contributed by atoms with Crippen LogP contribution < -0.4 is 5.73 Å². The lowest BCUT2D eigenvalue weighted by Gasteiger charge is -2.15. The summed E-state index contributed by atoms with van der Waals surface area (Å²) in [6.07, 6.45) is 4.32. The van der Waals surface area contributed by atoms with E-state index in [0.29, 0.717) is 0 Å². The molecule has 13 heavy (non-hydrogen) atoms. The summed E-state index contributed by atoms with van der Waals surface area (Å²) in [7, 11) is 0. The maximum absolute atomic E-state index is 6.20. The summed E-state index contributed by atoms with van der Waals surface area (Å²) in [5.41, 5.74) is 7.45. The quantitative estimate of drug-likeness (QED) is 0.825. The number of halogens is 1. The van der Waals surface area contributed by atoms with Crippen molar-refractivity contribution < 1.29 is 0 Å². The van der Waals surface area contributed by atoms with Crippen LogP contribution in [-0.4, -0.2) is 6.26 Å². The zero-order chi connectivity index (χ0) is 9.47. The first-order chi connectivity index (χ1) is 6.17. The van der Waals surface area contributed by atoms with Crippen LogP contribution in [0.1, 0.15) is 18.4 Å². The molecule has 2 rings (SSSR count). The Kier molecular flexibility index (Phi) is 2.43. The molecular weight excluding hydrogens is 246 g/mol. The van der Waals surface area contributed by atoms with Crippen molar-refractivity contribution in [2.75, 3.05) is 6.26 Å². The summed E-state index contributed by atoms with van der Waals surface area (Å²) in [5, 5.41) is 0. The average Bonchev–Trinajstić information content (AvgIpc) is 2.84. The summed E-state index contributed by atoms with van der Waals surface area (Å²) in [6.45, 7) is 0. The van der Waals surface area contributed by atoms with Gasteiger partial charge in [-0.3, -0.25) is 0 Å². The van der Waals surface area contributed by atoms with Crippen molar-refractivity contribution in [3.8, 4) is 0 Å². The molecule has 1 aliphatic carbocycles. The molecule has 1 aromatic rings. The van der Waals surface area contributed by atoms with Crippen molar-refractivity contribution in [3.63, 3.8) is 0 Å².